The van der Waals surface area contributed by atoms with E-state index < -0.39 is 0 Å². The van der Waals surface area contributed by atoms with Gasteiger partial charge in [-0.05, 0) is 48.9 Å². The summed E-state index contributed by atoms with van der Waals surface area (Å²) in [6.07, 6.45) is 4.05. The molecule has 0 spiro atoms. The fourth-order valence-electron chi connectivity index (χ4n) is 3.77. The van der Waals surface area contributed by atoms with Gasteiger partial charge in [-0.1, -0.05) is 54.4 Å². The number of rotatable bonds is 9. The Labute approximate surface area is 181 Å². The molecule has 0 aliphatic rings. The van der Waals surface area contributed by atoms with Gasteiger partial charge < -0.3 is 9.88 Å². The van der Waals surface area contributed by atoms with Gasteiger partial charge in [0.15, 0.2) is 0 Å². The smallest absolute Gasteiger partial charge is 0.261 e. The lowest BCUT2D eigenvalue weighted by molar-refractivity contribution is 0.0957. The molecule has 30 heavy (non-hydrogen) atoms. The third-order valence-electron chi connectivity index (χ3n) is 5.26. The Bertz CT molecular complexity index is 1110. The average Bonchev–Trinajstić information content (AvgIpc) is 3.40. The molecule has 0 aliphatic heterocycles. The molecule has 0 bridgehead atoms. The van der Waals surface area contributed by atoms with Gasteiger partial charge in [0.2, 0.25) is 0 Å². The average molecular weight is 418 g/mol. The maximum absolute atomic E-state index is 12.0. The Balaban J connectivity index is 1.35. The molecule has 2 aromatic carbocycles. The molecular weight excluding hydrogens is 390 g/mol. The third-order valence-corrected chi connectivity index (χ3v) is 6.13. The Morgan fingerprint density at radius 3 is 2.77 bits per heavy atom. The van der Waals surface area contributed by atoms with Gasteiger partial charge in [0.1, 0.15) is 5.82 Å². The number of amides is 1. The number of fused-ring (bicyclic) bond motifs is 1. The van der Waals surface area contributed by atoms with Crippen LogP contribution in [-0.4, -0.2) is 22.0 Å². The zero-order valence-electron chi connectivity index (χ0n) is 17.3. The summed E-state index contributed by atoms with van der Waals surface area (Å²) >= 11 is 1.48. The molecule has 4 aromatic rings. The normalized spacial score (nSPS) is 11.1. The van der Waals surface area contributed by atoms with Crippen LogP contribution in [0.5, 0.6) is 0 Å². The highest BCUT2D eigenvalue weighted by Crippen LogP contribution is 2.20. The number of nitrogens with one attached hydrogen (secondary N) is 1. The van der Waals surface area contributed by atoms with E-state index in [9.17, 15) is 4.79 Å². The van der Waals surface area contributed by atoms with Crippen molar-refractivity contribution in [2.24, 2.45) is 0 Å². The molecule has 2 heterocycles. The number of nitrogens with zero attached hydrogens (tertiary/aromatic N) is 2. The highest BCUT2D eigenvalue weighted by Gasteiger charge is 2.11. The van der Waals surface area contributed by atoms with Crippen LogP contribution < -0.4 is 5.32 Å². The first kappa shape index (κ1) is 20.4. The van der Waals surface area contributed by atoms with Crippen molar-refractivity contribution >= 4 is 28.3 Å². The summed E-state index contributed by atoms with van der Waals surface area (Å²) in [5.74, 6) is 1.17. The number of para-hydroxylation sites is 2. The number of carbonyl (C=O) groups excluding carboxylic acids is 1. The maximum Gasteiger partial charge on any atom is 0.261 e. The predicted molar refractivity (Wildman–Crippen MR) is 124 cm³/mol. The van der Waals surface area contributed by atoms with Gasteiger partial charge in [-0.3, -0.25) is 4.79 Å². The number of benzene rings is 2. The summed E-state index contributed by atoms with van der Waals surface area (Å²) in [6, 6.07) is 20.8. The van der Waals surface area contributed by atoms with Crippen LogP contribution in [0.1, 0.15) is 45.9 Å². The molecule has 0 atom stereocenters. The molecule has 5 heteroatoms. The second kappa shape index (κ2) is 9.72. The van der Waals surface area contributed by atoms with Crippen molar-refractivity contribution in [2.45, 2.75) is 39.2 Å². The summed E-state index contributed by atoms with van der Waals surface area (Å²) in [5, 5.41) is 4.93. The molecule has 0 saturated carbocycles. The van der Waals surface area contributed by atoms with Crippen LogP contribution in [0.3, 0.4) is 0 Å². The van der Waals surface area contributed by atoms with Gasteiger partial charge >= 0.3 is 0 Å². The second-order valence-corrected chi connectivity index (χ2v) is 8.58. The largest absolute Gasteiger partial charge is 0.351 e. The summed E-state index contributed by atoms with van der Waals surface area (Å²) in [5.41, 5.74) is 4.83. The first-order valence-electron chi connectivity index (χ1n) is 10.5. The minimum Gasteiger partial charge on any atom is -0.351 e. The van der Waals surface area contributed by atoms with E-state index in [2.05, 4.69) is 59.3 Å². The zero-order valence-corrected chi connectivity index (χ0v) is 18.1. The van der Waals surface area contributed by atoms with E-state index >= 15 is 0 Å². The summed E-state index contributed by atoms with van der Waals surface area (Å²) in [4.78, 5) is 17.7. The molecule has 1 N–H and O–H groups in total. The van der Waals surface area contributed by atoms with E-state index in [1.807, 2.05) is 23.6 Å². The summed E-state index contributed by atoms with van der Waals surface area (Å²) in [7, 11) is 0. The van der Waals surface area contributed by atoms with Crippen molar-refractivity contribution in [3.05, 3.63) is 87.9 Å². The topological polar surface area (TPSA) is 46.9 Å². The molecule has 1 amide bonds. The van der Waals surface area contributed by atoms with Crippen molar-refractivity contribution in [3.8, 4) is 0 Å². The third kappa shape index (κ3) is 4.97. The quantitative estimate of drug-likeness (QED) is 0.361. The number of carbonyl (C=O) groups is 1. The second-order valence-electron chi connectivity index (χ2n) is 7.64. The SMILES string of the molecule is Cc1cccc(Cn2c(CCCCCNC(=O)c3cccs3)nc3ccccc32)c1. The first-order valence-corrected chi connectivity index (χ1v) is 11.4. The summed E-state index contributed by atoms with van der Waals surface area (Å²) < 4.78 is 2.35. The van der Waals surface area contributed by atoms with Crippen LogP contribution in [0, 0.1) is 6.92 Å². The molecule has 0 saturated heterocycles. The first-order chi connectivity index (χ1) is 14.7. The van der Waals surface area contributed by atoms with Crippen molar-refractivity contribution in [3.63, 3.8) is 0 Å². The monoisotopic (exact) mass is 417 g/mol. The fourth-order valence-corrected chi connectivity index (χ4v) is 4.41. The van der Waals surface area contributed by atoms with Gasteiger partial charge in [-0.15, -0.1) is 11.3 Å². The van der Waals surface area contributed by atoms with Crippen LogP contribution in [0.4, 0.5) is 0 Å². The van der Waals surface area contributed by atoms with Gasteiger partial charge in [0, 0.05) is 19.5 Å². The van der Waals surface area contributed by atoms with Crippen molar-refractivity contribution in [1.29, 1.82) is 0 Å². The molecule has 0 unspecified atom stereocenters. The van der Waals surface area contributed by atoms with E-state index in [4.69, 9.17) is 4.98 Å². The van der Waals surface area contributed by atoms with Gasteiger partial charge in [0.25, 0.3) is 5.91 Å². The van der Waals surface area contributed by atoms with E-state index in [1.165, 1.54) is 28.0 Å². The van der Waals surface area contributed by atoms with Crippen molar-refractivity contribution < 1.29 is 4.79 Å². The Morgan fingerprint density at radius 1 is 1.03 bits per heavy atom. The molecule has 4 rings (SSSR count). The zero-order chi connectivity index (χ0) is 20.8. The fraction of sp³-hybridized carbons (Fsp3) is 0.280. The highest BCUT2D eigenvalue weighted by atomic mass is 32.1. The minimum absolute atomic E-state index is 0.0324. The van der Waals surface area contributed by atoms with Gasteiger partial charge in [-0.25, -0.2) is 4.98 Å². The molecule has 2 aromatic heterocycles. The highest BCUT2D eigenvalue weighted by molar-refractivity contribution is 7.12. The number of hydrogen-bond acceptors (Lipinski definition) is 3. The Morgan fingerprint density at radius 2 is 1.93 bits per heavy atom. The predicted octanol–water partition coefficient (Wildman–Crippen LogP) is 5.60. The Hall–Kier alpha value is -2.92. The van der Waals surface area contributed by atoms with Crippen LogP contribution in [0.15, 0.2) is 66.0 Å². The summed E-state index contributed by atoms with van der Waals surface area (Å²) in [6.45, 7) is 3.69. The van der Waals surface area contributed by atoms with Crippen LogP contribution >= 0.6 is 11.3 Å². The maximum atomic E-state index is 12.0. The van der Waals surface area contributed by atoms with Crippen LogP contribution in [0.25, 0.3) is 11.0 Å². The molecular formula is C25H27N3OS. The number of hydrogen-bond donors (Lipinski definition) is 1. The number of thiophene rings is 1. The van der Waals surface area contributed by atoms with Crippen LogP contribution in [-0.2, 0) is 13.0 Å². The van der Waals surface area contributed by atoms with E-state index in [-0.39, 0.29) is 5.91 Å². The molecule has 154 valence electrons. The van der Waals surface area contributed by atoms with Crippen molar-refractivity contribution in [2.75, 3.05) is 6.54 Å². The van der Waals surface area contributed by atoms with E-state index in [0.29, 0.717) is 0 Å². The number of imidazole rings is 1. The standard InChI is InChI=1S/C25H27N3OS/c1-19-9-7-10-20(17-19)18-28-22-12-5-4-11-21(22)27-24(28)14-3-2-6-15-26-25(29)23-13-8-16-30-23/h4-5,7-13,16-17H,2-3,6,14-15,18H2,1H3,(H,26,29). The molecule has 0 radical (unpaired) electrons. The van der Waals surface area contributed by atoms with Gasteiger partial charge in [-0.2, -0.15) is 0 Å². The van der Waals surface area contributed by atoms with E-state index in [1.54, 1.807) is 0 Å². The van der Waals surface area contributed by atoms with Crippen molar-refractivity contribution in [1.82, 2.24) is 14.9 Å². The van der Waals surface area contributed by atoms with Crippen LogP contribution in [0.2, 0.25) is 0 Å². The number of unbranched alkanes of at least 4 members (excludes halogenated alkanes) is 2. The lowest BCUT2D eigenvalue weighted by Crippen LogP contribution is -2.23. The molecule has 0 fully saturated rings. The van der Waals surface area contributed by atoms with E-state index in [0.717, 1.165) is 55.0 Å². The Kier molecular flexibility index (Phi) is 6.60. The number of aryl methyl sites for hydroxylation is 2. The lowest BCUT2D eigenvalue weighted by Gasteiger charge is -2.10. The lowest BCUT2D eigenvalue weighted by atomic mass is 10.1. The van der Waals surface area contributed by atoms with Gasteiger partial charge in [0.05, 0.1) is 15.9 Å². The minimum atomic E-state index is 0.0324. The number of aromatic nitrogens is 2. The molecule has 4 nitrogen and oxygen atoms in total. The molecule has 0 aliphatic carbocycles.